The number of hydrogen-bond acceptors (Lipinski definition) is 4. The maximum atomic E-state index is 12.2. The van der Waals surface area contributed by atoms with E-state index in [1.807, 2.05) is 13.2 Å². The molecule has 0 aliphatic heterocycles. The zero-order valence-corrected chi connectivity index (χ0v) is 14.9. The number of benzene rings is 1. The highest BCUT2D eigenvalue weighted by Crippen LogP contribution is 2.24. The average Bonchev–Trinajstić information content (AvgIpc) is 3.12. The van der Waals surface area contributed by atoms with E-state index in [0.717, 1.165) is 5.56 Å². The van der Waals surface area contributed by atoms with Gasteiger partial charge in [0.1, 0.15) is 5.82 Å². The van der Waals surface area contributed by atoms with Gasteiger partial charge in [0.05, 0.1) is 27.2 Å². The number of halogens is 1. The quantitative estimate of drug-likeness (QED) is 0.768. The molecule has 0 fully saturated rings. The van der Waals surface area contributed by atoms with Crippen molar-refractivity contribution in [3.8, 4) is 0 Å². The molecule has 24 heavy (non-hydrogen) atoms. The molecule has 0 unspecified atom stereocenters. The van der Waals surface area contributed by atoms with E-state index in [-0.39, 0.29) is 4.90 Å². The first-order valence-corrected chi connectivity index (χ1v) is 8.88. The van der Waals surface area contributed by atoms with Crippen molar-refractivity contribution in [3.63, 3.8) is 0 Å². The molecule has 7 nitrogen and oxygen atoms in total. The third-order valence-corrected chi connectivity index (χ3v) is 5.58. The highest BCUT2D eigenvalue weighted by atomic mass is 35.5. The molecule has 3 aromatic rings. The van der Waals surface area contributed by atoms with E-state index in [9.17, 15) is 8.42 Å². The largest absolute Gasteiger partial charge is 0.337 e. The van der Waals surface area contributed by atoms with Crippen LogP contribution in [0.15, 0.2) is 35.5 Å². The van der Waals surface area contributed by atoms with Crippen LogP contribution in [0.25, 0.3) is 22.1 Å². The van der Waals surface area contributed by atoms with Crippen molar-refractivity contribution in [2.45, 2.75) is 4.90 Å². The molecular formula is C15H16ClN5O2S. The number of nitrogens with zero attached hydrogens (tertiary/aromatic N) is 4. The van der Waals surface area contributed by atoms with Gasteiger partial charge in [0.2, 0.25) is 10.0 Å². The van der Waals surface area contributed by atoms with Crippen molar-refractivity contribution in [3.05, 3.63) is 42.0 Å². The summed E-state index contributed by atoms with van der Waals surface area (Å²) in [5.41, 5.74) is 2.09. The van der Waals surface area contributed by atoms with Crippen LogP contribution in [-0.2, 0) is 17.1 Å². The lowest BCUT2D eigenvalue weighted by atomic mass is 10.3. The maximum absolute atomic E-state index is 12.2. The first kappa shape index (κ1) is 16.7. The Balaban J connectivity index is 2.01. The van der Waals surface area contributed by atoms with Crippen LogP contribution in [0.3, 0.4) is 0 Å². The maximum Gasteiger partial charge on any atom is 0.242 e. The van der Waals surface area contributed by atoms with Crippen molar-refractivity contribution in [2.75, 3.05) is 14.1 Å². The molecule has 0 aliphatic carbocycles. The fraction of sp³-hybridized carbons (Fsp3) is 0.200. The van der Waals surface area contributed by atoms with Gasteiger partial charge in [-0.25, -0.2) is 17.7 Å². The van der Waals surface area contributed by atoms with Crippen molar-refractivity contribution < 1.29 is 8.42 Å². The molecule has 0 bridgehead atoms. The molecule has 1 aromatic carbocycles. The third kappa shape index (κ3) is 3.08. The molecule has 2 aromatic heterocycles. The first-order valence-electron chi connectivity index (χ1n) is 7.06. The third-order valence-electron chi connectivity index (χ3n) is 3.48. The van der Waals surface area contributed by atoms with Crippen molar-refractivity contribution in [1.29, 1.82) is 0 Å². The van der Waals surface area contributed by atoms with Gasteiger partial charge in [-0.2, -0.15) is 5.10 Å². The van der Waals surface area contributed by atoms with Gasteiger partial charge in [-0.05, 0) is 24.3 Å². The summed E-state index contributed by atoms with van der Waals surface area (Å²) in [7, 11) is 1.30. The van der Waals surface area contributed by atoms with E-state index in [4.69, 9.17) is 11.6 Å². The number of H-pyrrole nitrogens is 1. The minimum Gasteiger partial charge on any atom is -0.337 e. The minimum absolute atomic E-state index is 0.197. The molecule has 3 rings (SSSR count). The summed E-state index contributed by atoms with van der Waals surface area (Å²) in [5, 5.41) is 4.49. The molecule has 0 radical (unpaired) electrons. The van der Waals surface area contributed by atoms with Crippen LogP contribution < -0.4 is 0 Å². The van der Waals surface area contributed by atoms with Crippen molar-refractivity contribution in [1.82, 2.24) is 24.1 Å². The number of aromatic amines is 1. The molecule has 0 atom stereocenters. The molecule has 0 saturated heterocycles. The second-order valence-electron chi connectivity index (χ2n) is 5.49. The summed E-state index contributed by atoms with van der Waals surface area (Å²) in [4.78, 5) is 7.64. The summed E-state index contributed by atoms with van der Waals surface area (Å²) < 4.78 is 27.3. The van der Waals surface area contributed by atoms with Gasteiger partial charge in [0.25, 0.3) is 0 Å². The van der Waals surface area contributed by atoms with Crippen molar-refractivity contribution in [2.24, 2.45) is 7.05 Å². The van der Waals surface area contributed by atoms with Gasteiger partial charge in [-0.15, -0.1) is 0 Å². The molecule has 9 heteroatoms. The normalized spacial score (nSPS) is 13.1. The monoisotopic (exact) mass is 365 g/mol. The van der Waals surface area contributed by atoms with Crippen LogP contribution in [0.2, 0.25) is 0 Å². The number of nitrogens with one attached hydrogen (secondary N) is 1. The van der Waals surface area contributed by atoms with Crippen LogP contribution >= 0.6 is 11.6 Å². The van der Waals surface area contributed by atoms with E-state index in [0.29, 0.717) is 21.9 Å². The van der Waals surface area contributed by atoms with Crippen LogP contribution in [0, 0.1) is 0 Å². The lowest BCUT2D eigenvalue weighted by Crippen LogP contribution is -2.22. The number of fused-ring (bicyclic) bond motifs is 1. The van der Waals surface area contributed by atoms with E-state index in [2.05, 4.69) is 15.1 Å². The predicted octanol–water partition coefficient (Wildman–Crippen LogP) is 2.28. The highest BCUT2D eigenvalue weighted by Gasteiger charge is 2.18. The lowest BCUT2D eigenvalue weighted by Gasteiger charge is -2.10. The first-order chi connectivity index (χ1) is 11.3. The molecule has 2 heterocycles. The Morgan fingerprint density at radius 3 is 2.75 bits per heavy atom. The molecule has 0 saturated carbocycles. The Morgan fingerprint density at radius 2 is 2.12 bits per heavy atom. The minimum atomic E-state index is -3.50. The highest BCUT2D eigenvalue weighted by molar-refractivity contribution is 7.89. The molecule has 1 N–H and O–H groups in total. The van der Waals surface area contributed by atoms with E-state index < -0.39 is 10.0 Å². The summed E-state index contributed by atoms with van der Waals surface area (Å²) in [6.07, 6.45) is 5.25. The topological polar surface area (TPSA) is 83.9 Å². The number of imidazole rings is 1. The van der Waals surface area contributed by atoms with E-state index >= 15 is 0 Å². The van der Waals surface area contributed by atoms with Crippen LogP contribution in [0.5, 0.6) is 0 Å². The zero-order valence-electron chi connectivity index (χ0n) is 13.4. The molecule has 0 spiro atoms. The number of aromatic nitrogens is 4. The average molecular weight is 366 g/mol. The Kier molecular flexibility index (Phi) is 4.20. The fourth-order valence-corrected chi connectivity index (χ4v) is 3.35. The van der Waals surface area contributed by atoms with Gasteiger partial charge in [0, 0.05) is 32.9 Å². The number of rotatable bonds is 4. The molecular weight excluding hydrogens is 350 g/mol. The Labute approximate surface area is 144 Å². The number of hydrogen-bond donors (Lipinski definition) is 1. The second kappa shape index (κ2) is 6.04. The van der Waals surface area contributed by atoms with Gasteiger partial charge in [0.15, 0.2) is 0 Å². The number of aryl methyl sites for hydroxylation is 1. The van der Waals surface area contributed by atoms with Crippen LogP contribution in [-0.4, -0.2) is 46.6 Å². The second-order valence-corrected chi connectivity index (χ2v) is 8.05. The molecule has 0 amide bonds. The van der Waals surface area contributed by atoms with E-state index in [1.54, 1.807) is 29.1 Å². The lowest BCUT2D eigenvalue weighted by molar-refractivity contribution is 0.521. The van der Waals surface area contributed by atoms with Gasteiger partial charge < -0.3 is 4.98 Å². The fourth-order valence-electron chi connectivity index (χ4n) is 2.20. The molecule has 0 aliphatic rings. The van der Waals surface area contributed by atoms with Gasteiger partial charge in [-0.1, -0.05) is 11.6 Å². The van der Waals surface area contributed by atoms with Gasteiger partial charge in [-0.3, -0.25) is 4.68 Å². The summed E-state index contributed by atoms with van der Waals surface area (Å²) in [6, 6.07) is 4.73. The smallest absolute Gasteiger partial charge is 0.242 e. The standard InChI is InChI=1S/C15H16ClN5O2S/c1-20(2)24(22,23)11-4-5-13-14(7-11)19-15(18-13)12(16)6-10-8-17-21(3)9-10/h4-9H,1-3H3,(H,18,19)/b12-6-. The summed E-state index contributed by atoms with van der Waals surface area (Å²) in [5.74, 6) is 0.468. The Bertz CT molecular complexity index is 1030. The SMILES string of the molecule is CN(C)S(=O)(=O)c1ccc2nc(/C(Cl)=C/c3cnn(C)c3)[nH]c2c1. The van der Waals surface area contributed by atoms with Crippen LogP contribution in [0.4, 0.5) is 0 Å². The Hall–Kier alpha value is -2.16. The molecule has 126 valence electrons. The summed E-state index contributed by atoms with van der Waals surface area (Å²) in [6.45, 7) is 0. The predicted molar refractivity (Wildman–Crippen MR) is 93.9 cm³/mol. The summed E-state index contributed by atoms with van der Waals surface area (Å²) >= 11 is 6.31. The van der Waals surface area contributed by atoms with E-state index in [1.165, 1.54) is 24.5 Å². The zero-order chi connectivity index (χ0) is 17.5. The van der Waals surface area contributed by atoms with Crippen LogP contribution in [0.1, 0.15) is 11.4 Å². The van der Waals surface area contributed by atoms with Crippen molar-refractivity contribution >= 4 is 43.8 Å². The Morgan fingerprint density at radius 1 is 1.38 bits per heavy atom. The number of sulfonamides is 1. The van der Waals surface area contributed by atoms with Gasteiger partial charge >= 0.3 is 0 Å².